The molecule has 3 rings (SSSR count). The second-order valence-electron chi connectivity index (χ2n) is 6.43. The Morgan fingerprint density at radius 1 is 1.11 bits per heavy atom. The van der Waals surface area contributed by atoms with Gasteiger partial charge in [0.25, 0.3) is 0 Å². The van der Waals surface area contributed by atoms with Crippen molar-refractivity contribution in [3.05, 3.63) is 40.5 Å². The Hall–Kier alpha value is -2.06. The summed E-state index contributed by atoms with van der Waals surface area (Å²) in [7, 11) is 0. The topological polar surface area (TPSA) is 44.3 Å². The SMILES string of the molecule is CCN1CCN(c2nc(C)cc(Nc3ccc(Cl)cc3C(F)(F)F)n2)CC1. The van der Waals surface area contributed by atoms with Gasteiger partial charge >= 0.3 is 6.18 Å². The second kappa shape index (κ2) is 7.90. The van der Waals surface area contributed by atoms with Crippen molar-refractivity contribution in [3.8, 4) is 0 Å². The molecule has 1 aliphatic heterocycles. The van der Waals surface area contributed by atoms with E-state index in [0.717, 1.165) is 38.8 Å². The molecule has 0 aliphatic carbocycles. The number of nitrogens with one attached hydrogen (secondary N) is 1. The molecule has 1 aromatic carbocycles. The minimum atomic E-state index is -4.52. The third-order valence-electron chi connectivity index (χ3n) is 4.49. The van der Waals surface area contributed by atoms with E-state index >= 15 is 0 Å². The third-order valence-corrected chi connectivity index (χ3v) is 4.73. The molecule has 0 amide bonds. The number of rotatable bonds is 4. The fourth-order valence-electron chi connectivity index (χ4n) is 3.02. The first kappa shape index (κ1) is 19.7. The number of hydrogen-bond acceptors (Lipinski definition) is 5. The van der Waals surface area contributed by atoms with Crippen molar-refractivity contribution >= 4 is 29.1 Å². The molecule has 1 saturated heterocycles. The van der Waals surface area contributed by atoms with Crippen molar-refractivity contribution in [1.29, 1.82) is 0 Å². The van der Waals surface area contributed by atoms with Crippen LogP contribution in [0.5, 0.6) is 0 Å². The first-order valence-corrected chi connectivity index (χ1v) is 9.11. The molecular formula is C18H21ClF3N5. The first-order chi connectivity index (χ1) is 12.8. The van der Waals surface area contributed by atoms with Crippen LogP contribution in [0.25, 0.3) is 0 Å². The van der Waals surface area contributed by atoms with Gasteiger partial charge < -0.3 is 15.1 Å². The van der Waals surface area contributed by atoms with Gasteiger partial charge in [-0.1, -0.05) is 18.5 Å². The van der Waals surface area contributed by atoms with Gasteiger partial charge in [-0.3, -0.25) is 0 Å². The summed E-state index contributed by atoms with van der Waals surface area (Å²) in [6.45, 7) is 8.29. The molecule has 0 saturated carbocycles. The van der Waals surface area contributed by atoms with Crippen molar-refractivity contribution in [1.82, 2.24) is 14.9 Å². The number of benzene rings is 1. The highest BCUT2D eigenvalue weighted by atomic mass is 35.5. The van der Waals surface area contributed by atoms with Gasteiger partial charge in [-0.2, -0.15) is 18.2 Å². The molecule has 2 heterocycles. The fourth-order valence-corrected chi connectivity index (χ4v) is 3.19. The summed E-state index contributed by atoms with van der Waals surface area (Å²) >= 11 is 5.74. The average molecular weight is 400 g/mol. The molecule has 27 heavy (non-hydrogen) atoms. The van der Waals surface area contributed by atoms with Gasteiger partial charge in [-0.15, -0.1) is 0 Å². The highest BCUT2D eigenvalue weighted by Crippen LogP contribution is 2.37. The fraction of sp³-hybridized carbons (Fsp3) is 0.444. The smallest absolute Gasteiger partial charge is 0.340 e. The number of alkyl halides is 3. The molecule has 0 atom stereocenters. The monoisotopic (exact) mass is 399 g/mol. The van der Waals surface area contributed by atoms with E-state index in [9.17, 15) is 13.2 Å². The summed E-state index contributed by atoms with van der Waals surface area (Å²) in [5.74, 6) is 0.846. The quantitative estimate of drug-likeness (QED) is 0.828. The summed E-state index contributed by atoms with van der Waals surface area (Å²) in [6, 6.07) is 5.25. The highest BCUT2D eigenvalue weighted by molar-refractivity contribution is 6.30. The van der Waals surface area contributed by atoms with Gasteiger partial charge in [0.1, 0.15) is 5.82 Å². The van der Waals surface area contributed by atoms with Gasteiger partial charge in [0.15, 0.2) is 0 Å². The van der Waals surface area contributed by atoms with E-state index in [1.807, 2.05) is 0 Å². The Kier molecular flexibility index (Phi) is 5.76. The molecule has 1 N–H and O–H groups in total. The van der Waals surface area contributed by atoms with Crippen LogP contribution in [0.3, 0.4) is 0 Å². The minimum Gasteiger partial charge on any atom is -0.340 e. The predicted molar refractivity (Wildman–Crippen MR) is 101 cm³/mol. The van der Waals surface area contributed by atoms with E-state index in [2.05, 4.69) is 32.0 Å². The summed E-state index contributed by atoms with van der Waals surface area (Å²) in [4.78, 5) is 13.3. The maximum Gasteiger partial charge on any atom is 0.418 e. The molecule has 5 nitrogen and oxygen atoms in total. The largest absolute Gasteiger partial charge is 0.418 e. The molecule has 1 aliphatic rings. The minimum absolute atomic E-state index is 0.0289. The predicted octanol–water partition coefficient (Wildman–Crippen LogP) is 4.34. The lowest BCUT2D eigenvalue weighted by Gasteiger charge is -2.34. The summed E-state index contributed by atoms with van der Waals surface area (Å²) in [5, 5.41) is 2.81. The lowest BCUT2D eigenvalue weighted by molar-refractivity contribution is -0.136. The van der Waals surface area contributed by atoms with E-state index in [4.69, 9.17) is 11.6 Å². The highest BCUT2D eigenvalue weighted by Gasteiger charge is 2.34. The number of halogens is 4. The van der Waals surface area contributed by atoms with Crippen molar-refractivity contribution in [2.24, 2.45) is 0 Å². The van der Waals surface area contributed by atoms with Crippen LogP contribution in [0.4, 0.5) is 30.6 Å². The molecule has 2 aromatic rings. The second-order valence-corrected chi connectivity index (χ2v) is 6.86. The molecule has 0 unspecified atom stereocenters. The van der Waals surface area contributed by atoms with Crippen LogP contribution in [-0.2, 0) is 6.18 Å². The Labute approximate surface area is 161 Å². The number of piperazine rings is 1. The van der Waals surface area contributed by atoms with E-state index in [1.54, 1.807) is 13.0 Å². The Morgan fingerprint density at radius 3 is 2.44 bits per heavy atom. The Bertz CT molecular complexity index is 804. The zero-order valence-electron chi connectivity index (χ0n) is 15.1. The zero-order valence-corrected chi connectivity index (χ0v) is 15.9. The van der Waals surface area contributed by atoms with Crippen LogP contribution in [0.15, 0.2) is 24.3 Å². The van der Waals surface area contributed by atoms with Gasteiger partial charge in [0, 0.05) is 43.0 Å². The lowest BCUT2D eigenvalue weighted by Crippen LogP contribution is -2.46. The lowest BCUT2D eigenvalue weighted by atomic mass is 10.1. The van der Waals surface area contributed by atoms with E-state index in [1.165, 1.54) is 12.1 Å². The number of hydrogen-bond donors (Lipinski definition) is 1. The van der Waals surface area contributed by atoms with Crippen LogP contribution < -0.4 is 10.2 Å². The van der Waals surface area contributed by atoms with Crippen molar-refractivity contribution < 1.29 is 13.2 Å². The summed E-state index contributed by atoms with van der Waals surface area (Å²) < 4.78 is 39.9. The van der Waals surface area contributed by atoms with E-state index < -0.39 is 11.7 Å². The van der Waals surface area contributed by atoms with Crippen molar-refractivity contribution in [3.63, 3.8) is 0 Å². The Balaban J connectivity index is 1.86. The van der Waals surface area contributed by atoms with Gasteiger partial charge in [0.05, 0.1) is 11.3 Å². The molecule has 1 aromatic heterocycles. The zero-order chi connectivity index (χ0) is 19.6. The molecular weight excluding hydrogens is 379 g/mol. The number of aryl methyl sites for hydroxylation is 1. The third kappa shape index (κ3) is 4.81. The molecule has 1 fully saturated rings. The molecule has 9 heteroatoms. The number of nitrogens with zero attached hydrogens (tertiary/aromatic N) is 4. The molecule has 146 valence electrons. The number of likely N-dealkylation sites (N-methyl/N-ethyl adjacent to an activating group) is 1. The number of anilines is 3. The maximum atomic E-state index is 13.3. The van der Waals surface area contributed by atoms with Gasteiger partial charge in [0.2, 0.25) is 5.95 Å². The number of aromatic nitrogens is 2. The average Bonchev–Trinajstić information content (AvgIpc) is 2.62. The van der Waals surface area contributed by atoms with Crippen LogP contribution in [0, 0.1) is 6.92 Å². The van der Waals surface area contributed by atoms with Crippen molar-refractivity contribution in [2.45, 2.75) is 20.0 Å². The van der Waals surface area contributed by atoms with Crippen LogP contribution >= 0.6 is 11.6 Å². The van der Waals surface area contributed by atoms with Gasteiger partial charge in [-0.25, -0.2) is 4.98 Å². The molecule has 0 bridgehead atoms. The van der Waals surface area contributed by atoms with E-state index in [-0.39, 0.29) is 10.7 Å². The normalized spacial score (nSPS) is 15.9. The maximum absolute atomic E-state index is 13.3. The van der Waals surface area contributed by atoms with E-state index in [0.29, 0.717) is 17.5 Å². The summed E-state index contributed by atoms with van der Waals surface area (Å²) in [6.07, 6.45) is -4.52. The molecule has 0 spiro atoms. The first-order valence-electron chi connectivity index (χ1n) is 8.73. The van der Waals surface area contributed by atoms with Crippen LogP contribution in [0.2, 0.25) is 5.02 Å². The van der Waals surface area contributed by atoms with Crippen LogP contribution in [0.1, 0.15) is 18.2 Å². The standard InChI is InChI=1S/C18H21ClF3N5/c1-3-26-6-8-27(9-7-26)17-23-12(2)10-16(25-17)24-15-5-4-13(19)11-14(15)18(20,21)22/h4-5,10-11H,3,6-9H2,1-2H3,(H,23,24,25). The van der Waals surface area contributed by atoms with Crippen LogP contribution in [-0.4, -0.2) is 47.6 Å². The molecule has 0 radical (unpaired) electrons. The van der Waals surface area contributed by atoms with Crippen molar-refractivity contribution in [2.75, 3.05) is 42.9 Å². The Morgan fingerprint density at radius 2 is 1.81 bits per heavy atom. The van der Waals surface area contributed by atoms with Gasteiger partial charge in [-0.05, 0) is 31.7 Å². The summed E-state index contributed by atoms with van der Waals surface area (Å²) in [5.41, 5.74) is -0.237.